The van der Waals surface area contributed by atoms with Gasteiger partial charge < -0.3 is 9.64 Å². The molecule has 8 heteroatoms. The van der Waals surface area contributed by atoms with Gasteiger partial charge in [0, 0.05) is 23.7 Å². The molecule has 166 valence electrons. The molecule has 1 fully saturated rings. The van der Waals surface area contributed by atoms with E-state index in [1.54, 1.807) is 36.4 Å². The van der Waals surface area contributed by atoms with E-state index in [-0.39, 0.29) is 10.8 Å². The summed E-state index contributed by atoms with van der Waals surface area (Å²) >= 11 is 1.44. The SMILES string of the molecule is C=CCOc1ccc(NS(=O)(=O)c2ccc(SC)c(C(=O)N3CCC(C)CC3)c2)cc1. The fraction of sp³-hybridized carbons (Fsp3) is 0.348. The van der Waals surface area contributed by atoms with E-state index in [1.807, 2.05) is 11.2 Å². The highest BCUT2D eigenvalue weighted by molar-refractivity contribution is 7.98. The minimum Gasteiger partial charge on any atom is -0.490 e. The number of hydrogen-bond donors (Lipinski definition) is 1. The van der Waals surface area contributed by atoms with Crippen molar-refractivity contribution < 1.29 is 17.9 Å². The van der Waals surface area contributed by atoms with Crippen LogP contribution < -0.4 is 9.46 Å². The number of nitrogens with one attached hydrogen (secondary N) is 1. The molecule has 1 aliphatic rings. The summed E-state index contributed by atoms with van der Waals surface area (Å²) in [6.07, 6.45) is 5.45. The minimum atomic E-state index is -3.85. The zero-order valence-corrected chi connectivity index (χ0v) is 19.5. The van der Waals surface area contributed by atoms with Crippen molar-refractivity contribution in [2.75, 3.05) is 30.7 Å². The second-order valence-corrected chi connectivity index (χ2v) is 10.1. The zero-order chi connectivity index (χ0) is 22.4. The van der Waals surface area contributed by atoms with Crippen LogP contribution in [-0.2, 0) is 10.0 Å². The molecule has 3 rings (SSSR count). The van der Waals surface area contributed by atoms with E-state index in [0.717, 1.165) is 17.7 Å². The summed E-state index contributed by atoms with van der Waals surface area (Å²) in [7, 11) is -3.85. The molecule has 0 bridgehead atoms. The van der Waals surface area contributed by atoms with Gasteiger partial charge in [-0.1, -0.05) is 19.6 Å². The lowest BCUT2D eigenvalue weighted by Gasteiger charge is -2.30. The third-order valence-electron chi connectivity index (χ3n) is 5.26. The fourth-order valence-corrected chi connectivity index (χ4v) is 5.05. The minimum absolute atomic E-state index is 0.0611. The molecule has 6 nitrogen and oxygen atoms in total. The van der Waals surface area contributed by atoms with Gasteiger partial charge in [-0.2, -0.15) is 0 Å². The largest absolute Gasteiger partial charge is 0.490 e. The van der Waals surface area contributed by atoms with Crippen LogP contribution in [0.5, 0.6) is 5.75 Å². The van der Waals surface area contributed by atoms with E-state index in [1.165, 1.54) is 23.9 Å². The first-order valence-electron chi connectivity index (χ1n) is 10.2. The molecule has 31 heavy (non-hydrogen) atoms. The van der Waals surface area contributed by atoms with Crippen molar-refractivity contribution in [2.24, 2.45) is 5.92 Å². The van der Waals surface area contributed by atoms with E-state index in [4.69, 9.17) is 4.74 Å². The standard InChI is InChI=1S/C23H28N2O4S2/c1-4-15-29-19-7-5-18(6-8-19)24-31(27,28)20-9-10-22(30-3)21(16-20)23(26)25-13-11-17(2)12-14-25/h4-10,16-17,24H,1,11-15H2,2-3H3. The van der Waals surface area contributed by atoms with Crippen molar-refractivity contribution in [1.82, 2.24) is 4.90 Å². The molecule has 1 heterocycles. The van der Waals surface area contributed by atoms with Crippen LogP contribution in [0.3, 0.4) is 0 Å². The number of hydrogen-bond acceptors (Lipinski definition) is 5. The van der Waals surface area contributed by atoms with Gasteiger partial charge in [-0.3, -0.25) is 9.52 Å². The third kappa shape index (κ3) is 5.83. The molecule has 0 saturated carbocycles. The molecule has 0 aromatic heterocycles. The smallest absolute Gasteiger partial charge is 0.261 e. The Bertz CT molecular complexity index is 1030. The molecule has 0 spiro atoms. The Balaban J connectivity index is 1.82. The van der Waals surface area contributed by atoms with Crippen LogP contribution in [0.25, 0.3) is 0 Å². The molecule has 0 radical (unpaired) electrons. The van der Waals surface area contributed by atoms with Gasteiger partial charge in [-0.25, -0.2) is 8.42 Å². The molecule has 1 aliphatic heterocycles. The van der Waals surface area contributed by atoms with Crippen LogP contribution in [0.2, 0.25) is 0 Å². The average molecular weight is 461 g/mol. The summed E-state index contributed by atoms with van der Waals surface area (Å²) in [5.41, 5.74) is 0.843. The van der Waals surface area contributed by atoms with E-state index in [0.29, 0.717) is 42.6 Å². The second-order valence-electron chi connectivity index (χ2n) is 7.57. The maximum absolute atomic E-state index is 13.1. The Hall–Kier alpha value is -2.45. The maximum Gasteiger partial charge on any atom is 0.261 e. The second kappa shape index (κ2) is 10.2. The van der Waals surface area contributed by atoms with Gasteiger partial charge in [0.25, 0.3) is 15.9 Å². The molecule has 0 atom stereocenters. The van der Waals surface area contributed by atoms with Gasteiger partial charge in [-0.05, 0) is 67.5 Å². The van der Waals surface area contributed by atoms with Crippen LogP contribution in [0.15, 0.2) is 64.9 Å². The number of benzene rings is 2. The van der Waals surface area contributed by atoms with E-state index >= 15 is 0 Å². The van der Waals surface area contributed by atoms with Crippen molar-refractivity contribution >= 4 is 33.4 Å². The van der Waals surface area contributed by atoms with Crippen LogP contribution in [0, 0.1) is 5.92 Å². The van der Waals surface area contributed by atoms with Crippen LogP contribution in [-0.4, -0.2) is 45.2 Å². The Morgan fingerprint density at radius 2 is 1.90 bits per heavy atom. The van der Waals surface area contributed by atoms with Crippen LogP contribution >= 0.6 is 11.8 Å². The quantitative estimate of drug-likeness (QED) is 0.459. The molecule has 1 saturated heterocycles. The molecule has 2 aromatic rings. The maximum atomic E-state index is 13.1. The Morgan fingerprint density at radius 3 is 2.52 bits per heavy atom. The number of nitrogens with zero attached hydrogens (tertiary/aromatic N) is 1. The number of piperidine rings is 1. The zero-order valence-electron chi connectivity index (χ0n) is 17.8. The highest BCUT2D eigenvalue weighted by Gasteiger charge is 2.25. The average Bonchev–Trinajstić information content (AvgIpc) is 2.78. The fourth-order valence-electron chi connectivity index (χ4n) is 3.39. The highest BCUT2D eigenvalue weighted by atomic mass is 32.2. The normalized spacial score (nSPS) is 14.8. The summed E-state index contributed by atoms with van der Waals surface area (Å²) < 4.78 is 33.9. The van der Waals surface area contributed by atoms with Gasteiger partial charge >= 0.3 is 0 Å². The van der Waals surface area contributed by atoms with Gasteiger partial charge in [0.2, 0.25) is 0 Å². The highest BCUT2D eigenvalue weighted by Crippen LogP contribution is 2.28. The lowest BCUT2D eigenvalue weighted by Crippen LogP contribution is -2.38. The predicted molar refractivity (Wildman–Crippen MR) is 125 cm³/mol. The molecule has 2 aromatic carbocycles. The van der Waals surface area contributed by atoms with Crippen molar-refractivity contribution in [3.05, 3.63) is 60.7 Å². The van der Waals surface area contributed by atoms with Gasteiger partial charge in [-0.15, -0.1) is 11.8 Å². The first kappa shape index (κ1) is 23.2. The molecular weight excluding hydrogens is 432 g/mol. The summed E-state index contributed by atoms with van der Waals surface area (Å²) in [4.78, 5) is 15.8. The van der Waals surface area contributed by atoms with E-state index in [9.17, 15) is 13.2 Å². The van der Waals surface area contributed by atoms with Crippen LogP contribution in [0.1, 0.15) is 30.1 Å². The predicted octanol–water partition coefficient (Wildman–Crippen LogP) is 4.65. The van der Waals surface area contributed by atoms with Gasteiger partial charge in [0.05, 0.1) is 10.5 Å². The summed E-state index contributed by atoms with van der Waals surface area (Å²) in [6.45, 7) is 7.55. The lowest BCUT2D eigenvalue weighted by atomic mass is 9.98. The van der Waals surface area contributed by atoms with Crippen LogP contribution in [0.4, 0.5) is 5.69 Å². The number of thioether (sulfide) groups is 1. The number of amides is 1. The molecule has 1 amide bonds. The molecule has 0 aliphatic carbocycles. The van der Waals surface area contributed by atoms with E-state index < -0.39 is 10.0 Å². The monoisotopic (exact) mass is 460 g/mol. The third-order valence-corrected chi connectivity index (χ3v) is 7.43. The van der Waals surface area contributed by atoms with Crippen molar-refractivity contribution in [3.8, 4) is 5.75 Å². The Morgan fingerprint density at radius 1 is 1.23 bits per heavy atom. The van der Waals surface area contributed by atoms with Gasteiger partial charge in [0.15, 0.2) is 0 Å². The lowest BCUT2D eigenvalue weighted by molar-refractivity contribution is 0.0693. The number of carbonyl (C=O) groups excluding carboxylic acids is 1. The number of ether oxygens (including phenoxy) is 1. The Kier molecular flexibility index (Phi) is 7.67. The topological polar surface area (TPSA) is 75.7 Å². The molecular formula is C23H28N2O4S2. The van der Waals surface area contributed by atoms with Gasteiger partial charge in [0.1, 0.15) is 12.4 Å². The summed E-state index contributed by atoms with van der Waals surface area (Å²) in [6, 6.07) is 11.3. The number of carbonyl (C=O) groups is 1. The first-order chi connectivity index (χ1) is 14.8. The van der Waals surface area contributed by atoms with Crippen molar-refractivity contribution in [2.45, 2.75) is 29.6 Å². The van der Waals surface area contributed by atoms with Crippen molar-refractivity contribution in [3.63, 3.8) is 0 Å². The molecule has 0 unspecified atom stereocenters. The number of likely N-dealkylation sites (tertiary alicyclic amines) is 1. The first-order valence-corrected chi connectivity index (χ1v) is 12.9. The number of sulfonamides is 1. The molecule has 1 N–H and O–H groups in total. The summed E-state index contributed by atoms with van der Waals surface area (Å²) in [5, 5.41) is 0. The summed E-state index contributed by atoms with van der Waals surface area (Å²) in [5.74, 6) is 1.11. The Labute approximate surface area is 188 Å². The van der Waals surface area contributed by atoms with E-state index in [2.05, 4.69) is 18.2 Å². The number of rotatable bonds is 8. The number of anilines is 1. The van der Waals surface area contributed by atoms with Crippen molar-refractivity contribution in [1.29, 1.82) is 0 Å².